The minimum atomic E-state index is -0.605. The Bertz CT molecular complexity index is 553. The van der Waals surface area contributed by atoms with Gasteiger partial charge in [-0.05, 0) is 19.8 Å². The summed E-state index contributed by atoms with van der Waals surface area (Å²) in [5.41, 5.74) is 0.130. The molecule has 0 aromatic heterocycles. The van der Waals surface area contributed by atoms with Crippen LogP contribution in [0.4, 0.5) is 0 Å². The molecule has 0 spiro atoms. The zero-order valence-electron chi connectivity index (χ0n) is 12.8. The molecule has 3 aliphatic rings. The molecule has 2 aliphatic carbocycles. The molecule has 0 aromatic rings. The van der Waals surface area contributed by atoms with Crippen molar-refractivity contribution in [1.82, 2.24) is 0 Å². The van der Waals surface area contributed by atoms with Crippen LogP contribution in [-0.2, 0) is 28.6 Å². The van der Waals surface area contributed by atoms with Crippen molar-refractivity contribution < 1.29 is 28.6 Å². The Balaban J connectivity index is 1.57. The fraction of sp³-hybridized carbons (Fsp3) is 0.688. The number of hydrogen-bond donors (Lipinski definition) is 0. The van der Waals surface area contributed by atoms with Gasteiger partial charge in [0.2, 0.25) is 0 Å². The molecule has 120 valence electrons. The molecule has 5 unspecified atom stereocenters. The van der Waals surface area contributed by atoms with Gasteiger partial charge in [0.05, 0.1) is 6.42 Å². The van der Waals surface area contributed by atoms with Crippen molar-refractivity contribution in [3.8, 4) is 0 Å². The van der Waals surface area contributed by atoms with Crippen molar-refractivity contribution in [2.45, 2.75) is 45.3 Å². The summed E-state index contributed by atoms with van der Waals surface area (Å²) in [6.07, 6.45) is 1.73. The molecule has 6 heteroatoms. The zero-order chi connectivity index (χ0) is 16.1. The summed E-state index contributed by atoms with van der Waals surface area (Å²) in [6, 6.07) is 0. The first kappa shape index (κ1) is 15.1. The first-order valence-corrected chi connectivity index (χ1v) is 7.52. The van der Waals surface area contributed by atoms with E-state index in [-0.39, 0.29) is 41.0 Å². The van der Waals surface area contributed by atoms with Crippen LogP contribution in [0.15, 0.2) is 12.2 Å². The van der Waals surface area contributed by atoms with Gasteiger partial charge in [-0.3, -0.25) is 4.79 Å². The van der Waals surface area contributed by atoms with Crippen LogP contribution in [0.3, 0.4) is 0 Å². The van der Waals surface area contributed by atoms with Crippen LogP contribution >= 0.6 is 0 Å². The topological polar surface area (TPSA) is 78.9 Å². The Morgan fingerprint density at radius 1 is 1.36 bits per heavy atom. The molecule has 1 saturated heterocycles. The molecule has 1 heterocycles. The maximum absolute atomic E-state index is 11.8. The highest BCUT2D eigenvalue weighted by molar-refractivity contribution is 5.88. The monoisotopic (exact) mass is 308 g/mol. The van der Waals surface area contributed by atoms with Crippen molar-refractivity contribution in [2.75, 3.05) is 6.61 Å². The first-order chi connectivity index (χ1) is 10.3. The quantitative estimate of drug-likeness (QED) is 0.443. The highest BCUT2D eigenvalue weighted by Gasteiger charge is 2.65. The van der Waals surface area contributed by atoms with Crippen LogP contribution in [0.5, 0.6) is 0 Å². The predicted octanol–water partition coefficient (Wildman–Crippen LogP) is 1.38. The van der Waals surface area contributed by atoms with Crippen molar-refractivity contribution >= 4 is 17.9 Å². The normalized spacial score (nSPS) is 38.4. The van der Waals surface area contributed by atoms with Crippen molar-refractivity contribution in [2.24, 2.45) is 17.3 Å². The average molecular weight is 308 g/mol. The number of esters is 3. The second-order valence-electron chi connectivity index (χ2n) is 6.89. The lowest BCUT2D eigenvalue weighted by Gasteiger charge is -2.34. The minimum Gasteiger partial charge on any atom is -0.461 e. The number of fused-ring (bicyclic) bond motifs is 5. The van der Waals surface area contributed by atoms with Crippen LogP contribution in [-0.4, -0.2) is 36.7 Å². The van der Waals surface area contributed by atoms with E-state index in [1.807, 2.05) is 0 Å². The van der Waals surface area contributed by atoms with Crippen LogP contribution in [0, 0.1) is 17.3 Å². The van der Waals surface area contributed by atoms with Crippen LogP contribution < -0.4 is 0 Å². The number of hydrogen-bond acceptors (Lipinski definition) is 6. The number of ether oxygens (including phenoxy) is 3. The first-order valence-electron chi connectivity index (χ1n) is 7.52. The van der Waals surface area contributed by atoms with E-state index in [1.165, 1.54) is 6.92 Å². The number of carbonyl (C=O) groups is 3. The van der Waals surface area contributed by atoms with Crippen molar-refractivity contribution in [3.05, 3.63) is 12.2 Å². The maximum Gasteiger partial charge on any atom is 0.344 e. The molecular formula is C16H20O6. The van der Waals surface area contributed by atoms with Gasteiger partial charge in [0.15, 0.2) is 6.61 Å². The second kappa shape index (κ2) is 5.11. The van der Waals surface area contributed by atoms with Gasteiger partial charge in [-0.15, -0.1) is 0 Å². The van der Waals surface area contributed by atoms with Gasteiger partial charge in [0, 0.05) is 22.8 Å². The van der Waals surface area contributed by atoms with E-state index in [2.05, 4.69) is 13.5 Å². The molecule has 3 rings (SSSR count). The third kappa shape index (κ3) is 2.40. The van der Waals surface area contributed by atoms with Gasteiger partial charge in [0.25, 0.3) is 0 Å². The molecular weight excluding hydrogens is 288 g/mol. The van der Waals surface area contributed by atoms with Crippen molar-refractivity contribution in [3.63, 3.8) is 0 Å². The Kier molecular flexibility index (Phi) is 3.50. The molecule has 0 radical (unpaired) electrons. The largest absolute Gasteiger partial charge is 0.461 e. The fourth-order valence-corrected chi connectivity index (χ4v) is 4.21. The Morgan fingerprint density at radius 2 is 2.09 bits per heavy atom. The molecule has 22 heavy (non-hydrogen) atoms. The average Bonchev–Trinajstić information content (AvgIpc) is 3.04. The molecule has 6 nitrogen and oxygen atoms in total. The third-order valence-corrected chi connectivity index (χ3v) is 5.09. The lowest BCUT2D eigenvalue weighted by atomic mass is 9.77. The number of rotatable bonds is 4. The van der Waals surface area contributed by atoms with Crippen molar-refractivity contribution in [1.29, 1.82) is 0 Å². The second-order valence-corrected chi connectivity index (χ2v) is 6.89. The van der Waals surface area contributed by atoms with E-state index < -0.39 is 18.5 Å². The number of carbonyl (C=O) groups excluding carboxylic acids is 3. The van der Waals surface area contributed by atoms with E-state index >= 15 is 0 Å². The van der Waals surface area contributed by atoms with Crippen LogP contribution in [0.2, 0.25) is 0 Å². The van der Waals surface area contributed by atoms with E-state index in [9.17, 15) is 14.4 Å². The molecule has 2 saturated carbocycles. The van der Waals surface area contributed by atoms with E-state index in [4.69, 9.17) is 14.2 Å². The third-order valence-electron chi connectivity index (χ3n) is 5.09. The van der Waals surface area contributed by atoms with Crippen LogP contribution in [0.1, 0.15) is 33.1 Å². The summed E-state index contributed by atoms with van der Waals surface area (Å²) in [5.74, 6) is -1.03. The highest BCUT2D eigenvalue weighted by Crippen LogP contribution is 2.61. The van der Waals surface area contributed by atoms with Gasteiger partial charge in [-0.1, -0.05) is 13.5 Å². The fourth-order valence-electron chi connectivity index (χ4n) is 4.21. The summed E-state index contributed by atoms with van der Waals surface area (Å²) in [6.45, 7) is 6.64. The molecule has 2 bridgehead atoms. The predicted molar refractivity (Wildman–Crippen MR) is 74.5 cm³/mol. The smallest absolute Gasteiger partial charge is 0.344 e. The Hall–Kier alpha value is -1.85. The Morgan fingerprint density at radius 3 is 2.77 bits per heavy atom. The Labute approximate surface area is 128 Å². The molecule has 3 fully saturated rings. The molecule has 5 atom stereocenters. The summed E-state index contributed by atoms with van der Waals surface area (Å²) >= 11 is 0. The molecule has 0 aromatic carbocycles. The minimum absolute atomic E-state index is 0.0406. The summed E-state index contributed by atoms with van der Waals surface area (Å²) in [7, 11) is 0. The highest BCUT2D eigenvalue weighted by atomic mass is 16.6. The maximum atomic E-state index is 11.8. The van der Waals surface area contributed by atoms with Gasteiger partial charge in [-0.2, -0.15) is 0 Å². The summed E-state index contributed by atoms with van der Waals surface area (Å²) in [4.78, 5) is 34.6. The summed E-state index contributed by atoms with van der Waals surface area (Å²) < 4.78 is 15.7. The standard InChI is InChI=1S/C16H20O6/c1-8(2)15(19)20-7-13(18)21-11-6-16(3)5-10(11)9-4-12(17)22-14(9)16/h9-11,14H,1,4-7H2,2-3H3. The van der Waals surface area contributed by atoms with E-state index in [1.54, 1.807) is 0 Å². The van der Waals surface area contributed by atoms with Gasteiger partial charge < -0.3 is 14.2 Å². The zero-order valence-corrected chi connectivity index (χ0v) is 12.8. The van der Waals surface area contributed by atoms with Gasteiger partial charge >= 0.3 is 17.9 Å². The molecule has 0 amide bonds. The van der Waals surface area contributed by atoms with E-state index in [0.29, 0.717) is 12.8 Å². The van der Waals surface area contributed by atoms with E-state index in [0.717, 1.165) is 6.42 Å². The SMILES string of the molecule is C=C(C)C(=O)OCC(=O)OC1CC2(C)CC1C1CC(=O)OC12. The van der Waals surface area contributed by atoms with Gasteiger partial charge in [0.1, 0.15) is 12.2 Å². The summed E-state index contributed by atoms with van der Waals surface area (Å²) in [5, 5.41) is 0. The van der Waals surface area contributed by atoms with Gasteiger partial charge in [-0.25, -0.2) is 9.59 Å². The van der Waals surface area contributed by atoms with Crippen LogP contribution in [0.25, 0.3) is 0 Å². The molecule has 0 N–H and O–H groups in total. The lowest BCUT2D eigenvalue weighted by Crippen LogP contribution is -2.39. The lowest BCUT2D eigenvalue weighted by molar-refractivity contribution is -0.165. The molecule has 1 aliphatic heterocycles.